The van der Waals surface area contributed by atoms with Crippen molar-refractivity contribution in [1.82, 2.24) is 0 Å². The number of carbonyl (C=O) groups is 2. The fourth-order valence-corrected chi connectivity index (χ4v) is 2.85. The number of hydrogen-bond donors (Lipinski definition) is 1. The Hall–Kier alpha value is -2.10. The molecule has 4 heteroatoms. The summed E-state index contributed by atoms with van der Waals surface area (Å²) in [6, 6.07) is 9.05. The Morgan fingerprint density at radius 1 is 1.25 bits per heavy atom. The van der Waals surface area contributed by atoms with Gasteiger partial charge >= 0.3 is 0 Å². The molecule has 0 aliphatic heterocycles. The van der Waals surface area contributed by atoms with E-state index in [0.29, 0.717) is 12.1 Å². The molecule has 0 aromatic heterocycles. The molecule has 0 bridgehead atoms. The lowest BCUT2D eigenvalue weighted by atomic mass is 9.73. The van der Waals surface area contributed by atoms with E-state index in [9.17, 15) is 14.7 Å². The standard InChI is InChI=1S/C16H19NO3/c1-10-8-11(2)14(16(19)20)13(9-10)15(18)17-12-6-4-3-5-7-12/h3-8,11,13-14H,9H2,1-2H3,(H,17,18)(H,19,20)/p-1/t11-,13+,14-/m1/s1. The second-order valence-corrected chi connectivity index (χ2v) is 5.38. The van der Waals surface area contributed by atoms with E-state index >= 15 is 0 Å². The highest BCUT2D eigenvalue weighted by atomic mass is 16.4. The van der Waals surface area contributed by atoms with E-state index in [1.54, 1.807) is 12.1 Å². The normalized spacial score (nSPS) is 25.7. The number of para-hydroxylation sites is 1. The Morgan fingerprint density at radius 2 is 1.90 bits per heavy atom. The predicted molar refractivity (Wildman–Crippen MR) is 74.6 cm³/mol. The Kier molecular flexibility index (Phi) is 4.23. The third kappa shape index (κ3) is 3.07. The van der Waals surface area contributed by atoms with Gasteiger partial charge in [0.2, 0.25) is 5.91 Å². The van der Waals surface area contributed by atoms with Gasteiger partial charge in [0.1, 0.15) is 0 Å². The van der Waals surface area contributed by atoms with Gasteiger partial charge in [-0.1, -0.05) is 36.8 Å². The molecule has 0 spiro atoms. The first-order valence-corrected chi connectivity index (χ1v) is 6.73. The van der Waals surface area contributed by atoms with Crippen LogP contribution in [0, 0.1) is 17.8 Å². The summed E-state index contributed by atoms with van der Waals surface area (Å²) in [5, 5.41) is 14.1. The summed E-state index contributed by atoms with van der Waals surface area (Å²) in [7, 11) is 0. The van der Waals surface area contributed by atoms with Crippen LogP contribution in [0.5, 0.6) is 0 Å². The molecule has 0 radical (unpaired) electrons. The van der Waals surface area contributed by atoms with Gasteiger partial charge in [0.05, 0.1) is 5.92 Å². The van der Waals surface area contributed by atoms with Crippen molar-refractivity contribution < 1.29 is 14.7 Å². The minimum Gasteiger partial charge on any atom is -0.550 e. The number of carboxylic acids is 1. The summed E-state index contributed by atoms with van der Waals surface area (Å²) < 4.78 is 0. The molecule has 0 heterocycles. The maximum atomic E-state index is 12.3. The third-order valence-corrected chi connectivity index (χ3v) is 3.74. The van der Waals surface area contributed by atoms with Gasteiger partial charge in [0.15, 0.2) is 0 Å². The van der Waals surface area contributed by atoms with E-state index in [1.807, 2.05) is 38.1 Å². The van der Waals surface area contributed by atoms with Crippen LogP contribution in [-0.2, 0) is 9.59 Å². The van der Waals surface area contributed by atoms with Crippen LogP contribution >= 0.6 is 0 Å². The van der Waals surface area contributed by atoms with E-state index in [-0.39, 0.29) is 11.8 Å². The maximum absolute atomic E-state index is 12.3. The van der Waals surface area contributed by atoms with E-state index in [2.05, 4.69) is 5.32 Å². The number of amides is 1. The monoisotopic (exact) mass is 272 g/mol. The van der Waals surface area contributed by atoms with Crippen molar-refractivity contribution in [1.29, 1.82) is 0 Å². The molecule has 1 aromatic carbocycles. The Morgan fingerprint density at radius 3 is 2.50 bits per heavy atom. The summed E-state index contributed by atoms with van der Waals surface area (Å²) in [5.41, 5.74) is 1.72. The molecule has 1 N–H and O–H groups in total. The Bertz CT molecular complexity index is 536. The van der Waals surface area contributed by atoms with E-state index in [4.69, 9.17) is 0 Å². The Labute approximate surface area is 118 Å². The second kappa shape index (κ2) is 5.90. The molecule has 0 fully saturated rings. The number of nitrogens with one attached hydrogen (secondary N) is 1. The molecule has 4 nitrogen and oxygen atoms in total. The fraction of sp³-hybridized carbons (Fsp3) is 0.375. The first kappa shape index (κ1) is 14.3. The van der Waals surface area contributed by atoms with Gasteiger partial charge in [0.25, 0.3) is 0 Å². The maximum Gasteiger partial charge on any atom is 0.228 e. The first-order valence-electron chi connectivity index (χ1n) is 6.73. The molecule has 20 heavy (non-hydrogen) atoms. The lowest BCUT2D eigenvalue weighted by Crippen LogP contribution is -2.45. The van der Waals surface area contributed by atoms with Crippen molar-refractivity contribution in [3.8, 4) is 0 Å². The fourth-order valence-electron chi connectivity index (χ4n) is 2.85. The van der Waals surface area contributed by atoms with Gasteiger partial charge in [0, 0.05) is 17.6 Å². The van der Waals surface area contributed by atoms with E-state index in [0.717, 1.165) is 5.57 Å². The number of carbonyl (C=O) groups excluding carboxylic acids is 2. The van der Waals surface area contributed by atoms with Gasteiger partial charge in [-0.15, -0.1) is 0 Å². The largest absolute Gasteiger partial charge is 0.550 e. The van der Waals surface area contributed by atoms with Gasteiger partial charge in [-0.25, -0.2) is 0 Å². The number of aliphatic carboxylic acids is 1. The molecular formula is C16H18NO3-. The highest BCUT2D eigenvalue weighted by Crippen LogP contribution is 2.34. The van der Waals surface area contributed by atoms with Crippen molar-refractivity contribution in [3.05, 3.63) is 42.0 Å². The predicted octanol–water partition coefficient (Wildman–Crippen LogP) is 1.59. The topological polar surface area (TPSA) is 69.2 Å². The van der Waals surface area contributed by atoms with Gasteiger partial charge in [-0.05, 0) is 31.4 Å². The first-order chi connectivity index (χ1) is 9.49. The quantitative estimate of drug-likeness (QED) is 0.850. The molecule has 106 valence electrons. The molecule has 1 aliphatic rings. The van der Waals surface area contributed by atoms with Crippen LogP contribution in [-0.4, -0.2) is 11.9 Å². The van der Waals surface area contributed by atoms with Crippen molar-refractivity contribution in [3.63, 3.8) is 0 Å². The van der Waals surface area contributed by atoms with Gasteiger partial charge in [-0.2, -0.15) is 0 Å². The van der Waals surface area contributed by atoms with Crippen LogP contribution in [0.3, 0.4) is 0 Å². The Balaban J connectivity index is 2.18. The molecule has 0 saturated heterocycles. The molecule has 0 saturated carbocycles. The average molecular weight is 272 g/mol. The van der Waals surface area contributed by atoms with Crippen LogP contribution in [0.25, 0.3) is 0 Å². The zero-order chi connectivity index (χ0) is 14.7. The smallest absolute Gasteiger partial charge is 0.228 e. The zero-order valence-electron chi connectivity index (χ0n) is 11.6. The van der Waals surface area contributed by atoms with Crippen molar-refractivity contribution in [2.24, 2.45) is 17.8 Å². The molecule has 1 amide bonds. The van der Waals surface area contributed by atoms with Crippen LogP contribution < -0.4 is 10.4 Å². The van der Waals surface area contributed by atoms with Crippen LogP contribution in [0.1, 0.15) is 20.3 Å². The minimum atomic E-state index is -1.16. The molecule has 2 rings (SSSR count). The number of carboxylic acid groups (broad SMARTS) is 1. The highest BCUT2D eigenvalue weighted by Gasteiger charge is 2.35. The summed E-state index contributed by atoms with van der Waals surface area (Å²) in [6.45, 7) is 3.73. The number of hydrogen-bond acceptors (Lipinski definition) is 3. The van der Waals surface area contributed by atoms with Crippen molar-refractivity contribution in [2.45, 2.75) is 20.3 Å². The van der Waals surface area contributed by atoms with Gasteiger partial charge < -0.3 is 15.2 Å². The molecule has 1 aromatic rings. The summed E-state index contributed by atoms with van der Waals surface area (Å²) in [5.74, 6) is -2.97. The van der Waals surface area contributed by atoms with Crippen LogP contribution in [0.4, 0.5) is 5.69 Å². The van der Waals surface area contributed by atoms with Gasteiger partial charge in [-0.3, -0.25) is 4.79 Å². The lowest BCUT2D eigenvalue weighted by Gasteiger charge is -2.34. The summed E-state index contributed by atoms with van der Waals surface area (Å²) in [6.07, 6.45) is 2.37. The lowest BCUT2D eigenvalue weighted by molar-refractivity contribution is -0.314. The number of benzene rings is 1. The SMILES string of the molecule is CC1=C[C@@H](C)[C@@H](C(=O)[O-])[C@@H](C(=O)Nc2ccccc2)C1. The van der Waals surface area contributed by atoms with Crippen LogP contribution in [0.15, 0.2) is 42.0 Å². The summed E-state index contributed by atoms with van der Waals surface area (Å²) >= 11 is 0. The molecule has 1 aliphatic carbocycles. The summed E-state index contributed by atoms with van der Waals surface area (Å²) in [4.78, 5) is 23.7. The second-order valence-electron chi connectivity index (χ2n) is 5.38. The zero-order valence-corrected chi connectivity index (χ0v) is 11.6. The van der Waals surface area contributed by atoms with Crippen LogP contribution in [0.2, 0.25) is 0 Å². The molecule has 3 atom stereocenters. The number of anilines is 1. The molecule has 0 unspecified atom stereocenters. The number of rotatable bonds is 3. The van der Waals surface area contributed by atoms with E-state index < -0.39 is 17.8 Å². The third-order valence-electron chi connectivity index (χ3n) is 3.74. The van der Waals surface area contributed by atoms with Crippen molar-refractivity contribution in [2.75, 3.05) is 5.32 Å². The van der Waals surface area contributed by atoms with E-state index in [1.165, 1.54) is 0 Å². The average Bonchev–Trinajstić information content (AvgIpc) is 2.38. The minimum absolute atomic E-state index is 0.194. The van der Waals surface area contributed by atoms with Crippen molar-refractivity contribution >= 4 is 17.6 Å². The number of allylic oxidation sites excluding steroid dienone is 2. The highest BCUT2D eigenvalue weighted by molar-refractivity contribution is 5.95. The molecular weight excluding hydrogens is 254 g/mol.